The number of rotatable bonds is 7. The average Bonchev–Trinajstić information content (AvgIpc) is 3.19. The molecule has 3 aromatic rings. The van der Waals surface area contributed by atoms with Crippen molar-refractivity contribution in [2.24, 2.45) is 0 Å². The standard InChI is InChI=1S/C20H20N4O2/c25-18(12-11-15-7-3-1-4-8-15)23-19(16-9-5-2-6-10-16)20(26)22-17-13-14-21-24-17/h1-10,13-14,19H,11-12H2,(H,23,25)(H2,21,22,24,26)/t19-/m0/s1. The number of anilines is 1. The van der Waals surface area contributed by atoms with Gasteiger partial charge in [0.15, 0.2) is 0 Å². The van der Waals surface area contributed by atoms with Crippen LogP contribution in [0.15, 0.2) is 72.9 Å². The van der Waals surface area contributed by atoms with Gasteiger partial charge in [-0.15, -0.1) is 0 Å². The summed E-state index contributed by atoms with van der Waals surface area (Å²) in [5.74, 6) is -0.0227. The van der Waals surface area contributed by atoms with Gasteiger partial charge in [-0.2, -0.15) is 5.10 Å². The maximum absolute atomic E-state index is 12.6. The van der Waals surface area contributed by atoms with Crippen LogP contribution in [-0.4, -0.2) is 22.0 Å². The van der Waals surface area contributed by atoms with E-state index in [2.05, 4.69) is 20.8 Å². The summed E-state index contributed by atoms with van der Waals surface area (Å²) < 4.78 is 0. The number of nitrogens with zero attached hydrogens (tertiary/aromatic N) is 1. The highest BCUT2D eigenvalue weighted by Crippen LogP contribution is 2.15. The van der Waals surface area contributed by atoms with Crippen LogP contribution < -0.4 is 10.6 Å². The molecule has 0 saturated heterocycles. The molecule has 6 nitrogen and oxygen atoms in total. The van der Waals surface area contributed by atoms with Gasteiger partial charge >= 0.3 is 0 Å². The zero-order chi connectivity index (χ0) is 18.2. The van der Waals surface area contributed by atoms with Crippen LogP contribution in [0.1, 0.15) is 23.6 Å². The second-order valence-electron chi connectivity index (χ2n) is 5.86. The summed E-state index contributed by atoms with van der Waals surface area (Å²) in [6.07, 6.45) is 2.48. The number of benzene rings is 2. The average molecular weight is 348 g/mol. The third-order valence-electron chi connectivity index (χ3n) is 3.94. The Morgan fingerprint density at radius 3 is 2.31 bits per heavy atom. The van der Waals surface area contributed by atoms with Gasteiger partial charge in [0, 0.05) is 12.5 Å². The number of carbonyl (C=O) groups excluding carboxylic acids is 2. The lowest BCUT2D eigenvalue weighted by Gasteiger charge is -2.18. The first-order valence-corrected chi connectivity index (χ1v) is 8.41. The van der Waals surface area contributed by atoms with Crippen LogP contribution in [-0.2, 0) is 16.0 Å². The molecule has 2 amide bonds. The Balaban J connectivity index is 1.67. The van der Waals surface area contributed by atoms with Gasteiger partial charge in [0.25, 0.3) is 5.91 Å². The van der Waals surface area contributed by atoms with Crippen LogP contribution in [0.2, 0.25) is 0 Å². The van der Waals surface area contributed by atoms with Gasteiger partial charge in [-0.1, -0.05) is 60.7 Å². The van der Waals surface area contributed by atoms with Crippen molar-refractivity contribution in [1.82, 2.24) is 15.5 Å². The second-order valence-corrected chi connectivity index (χ2v) is 5.86. The molecular formula is C20H20N4O2. The molecule has 1 aromatic heterocycles. The fourth-order valence-corrected chi connectivity index (χ4v) is 2.61. The normalized spacial score (nSPS) is 11.5. The molecule has 0 aliphatic heterocycles. The Morgan fingerprint density at radius 2 is 1.65 bits per heavy atom. The minimum atomic E-state index is -0.775. The van der Waals surface area contributed by atoms with Gasteiger partial charge in [0.2, 0.25) is 5.91 Å². The summed E-state index contributed by atoms with van der Waals surface area (Å²) in [6, 6.07) is 19.8. The number of nitrogens with one attached hydrogen (secondary N) is 3. The minimum absolute atomic E-state index is 0.178. The highest BCUT2D eigenvalue weighted by atomic mass is 16.2. The predicted octanol–water partition coefficient (Wildman–Crippen LogP) is 2.84. The lowest BCUT2D eigenvalue weighted by atomic mass is 10.0. The Morgan fingerprint density at radius 1 is 0.962 bits per heavy atom. The number of aryl methyl sites for hydroxylation is 1. The van der Waals surface area contributed by atoms with E-state index in [4.69, 9.17) is 0 Å². The van der Waals surface area contributed by atoms with Gasteiger partial charge in [-0.05, 0) is 17.5 Å². The molecule has 0 fully saturated rings. The summed E-state index contributed by atoms with van der Waals surface area (Å²) in [7, 11) is 0. The zero-order valence-corrected chi connectivity index (χ0v) is 14.2. The topological polar surface area (TPSA) is 86.9 Å². The number of aromatic nitrogens is 2. The van der Waals surface area contributed by atoms with Crippen LogP contribution in [0.3, 0.4) is 0 Å². The summed E-state index contributed by atoms with van der Waals surface area (Å²) in [4.78, 5) is 25.0. The van der Waals surface area contributed by atoms with E-state index < -0.39 is 6.04 Å². The number of amides is 2. The van der Waals surface area contributed by atoms with Crippen LogP contribution in [0.4, 0.5) is 5.82 Å². The van der Waals surface area contributed by atoms with Crippen molar-refractivity contribution in [1.29, 1.82) is 0 Å². The Bertz CT molecular complexity index is 833. The van der Waals surface area contributed by atoms with Crippen molar-refractivity contribution in [3.05, 3.63) is 84.1 Å². The monoisotopic (exact) mass is 348 g/mol. The fourth-order valence-electron chi connectivity index (χ4n) is 2.61. The van der Waals surface area contributed by atoms with Crippen LogP contribution in [0, 0.1) is 0 Å². The van der Waals surface area contributed by atoms with Gasteiger partial charge in [0.05, 0.1) is 6.20 Å². The molecule has 0 aliphatic rings. The Kier molecular flexibility index (Phi) is 5.77. The lowest BCUT2D eigenvalue weighted by Crippen LogP contribution is -2.37. The molecule has 0 aliphatic carbocycles. The first kappa shape index (κ1) is 17.4. The lowest BCUT2D eigenvalue weighted by molar-refractivity contribution is -0.126. The largest absolute Gasteiger partial charge is 0.341 e. The van der Waals surface area contributed by atoms with Crippen molar-refractivity contribution < 1.29 is 9.59 Å². The van der Waals surface area contributed by atoms with Crippen molar-refractivity contribution >= 4 is 17.6 Å². The molecule has 26 heavy (non-hydrogen) atoms. The first-order chi connectivity index (χ1) is 12.7. The van der Waals surface area contributed by atoms with Crippen molar-refractivity contribution in [2.75, 3.05) is 5.32 Å². The smallest absolute Gasteiger partial charge is 0.252 e. The SMILES string of the molecule is O=C(CCc1ccccc1)N[C@H](C(=O)Nc1ccn[nH]1)c1ccccc1. The number of aromatic amines is 1. The Hall–Kier alpha value is -3.41. The summed E-state index contributed by atoms with van der Waals surface area (Å²) >= 11 is 0. The summed E-state index contributed by atoms with van der Waals surface area (Å²) in [5, 5.41) is 12.0. The molecule has 3 rings (SSSR count). The molecule has 1 heterocycles. The van der Waals surface area contributed by atoms with E-state index in [0.717, 1.165) is 11.1 Å². The van der Waals surface area contributed by atoms with E-state index in [1.807, 2.05) is 60.7 Å². The summed E-state index contributed by atoms with van der Waals surface area (Å²) in [5.41, 5.74) is 1.80. The number of carbonyl (C=O) groups is 2. The van der Waals surface area contributed by atoms with Crippen LogP contribution >= 0.6 is 0 Å². The van der Waals surface area contributed by atoms with Gasteiger partial charge in [0.1, 0.15) is 11.9 Å². The first-order valence-electron chi connectivity index (χ1n) is 8.41. The predicted molar refractivity (Wildman–Crippen MR) is 99.3 cm³/mol. The molecule has 0 saturated carbocycles. The van der Waals surface area contributed by atoms with Gasteiger partial charge in [-0.25, -0.2) is 0 Å². The van der Waals surface area contributed by atoms with E-state index >= 15 is 0 Å². The minimum Gasteiger partial charge on any atom is -0.341 e. The van der Waals surface area contributed by atoms with Crippen LogP contribution in [0.5, 0.6) is 0 Å². The number of hydrogen-bond acceptors (Lipinski definition) is 3. The molecule has 0 bridgehead atoms. The second kappa shape index (κ2) is 8.62. The Labute approximate surface area is 151 Å². The van der Waals surface area contributed by atoms with Gasteiger partial charge in [-0.3, -0.25) is 14.7 Å². The molecule has 1 atom stereocenters. The molecule has 132 valence electrons. The van der Waals surface area contributed by atoms with E-state index in [1.165, 1.54) is 0 Å². The molecule has 2 aromatic carbocycles. The fraction of sp³-hybridized carbons (Fsp3) is 0.150. The molecule has 6 heteroatoms. The number of hydrogen-bond donors (Lipinski definition) is 3. The third kappa shape index (κ3) is 4.80. The van der Waals surface area contributed by atoms with E-state index in [9.17, 15) is 9.59 Å². The van der Waals surface area contributed by atoms with E-state index in [-0.39, 0.29) is 11.8 Å². The maximum atomic E-state index is 12.6. The molecule has 0 spiro atoms. The van der Waals surface area contributed by atoms with Crippen LogP contribution in [0.25, 0.3) is 0 Å². The van der Waals surface area contributed by atoms with Gasteiger partial charge < -0.3 is 10.6 Å². The maximum Gasteiger partial charge on any atom is 0.252 e. The highest BCUT2D eigenvalue weighted by molar-refractivity contribution is 5.97. The van der Waals surface area contributed by atoms with Crippen molar-refractivity contribution in [3.63, 3.8) is 0 Å². The molecule has 3 N–H and O–H groups in total. The molecule has 0 radical (unpaired) electrons. The van der Waals surface area contributed by atoms with E-state index in [0.29, 0.717) is 18.7 Å². The third-order valence-corrected chi connectivity index (χ3v) is 3.94. The van der Waals surface area contributed by atoms with E-state index in [1.54, 1.807) is 12.3 Å². The molecule has 0 unspecified atom stereocenters. The molecular weight excluding hydrogens is 328 g/mol. The van der Waals surface area contributed by atoms with Crippen molar-refractivity contribution in [2.45, 2.75) is 18.9 Å². The quantitative estimate of drug-likeness (QED) is 0.613. The number of H-pyrrole nitrogens is 1. The zero-order valence-electron chi connectivity index (χ0n) is 14.2. The highest BCUT2D eigenvalue weighted by Gasteiger charge is 2.23. The van der Waals surface area contributed by atoms with Crippen molar-refractivity contribution in [3.8, 4) is 0 Å². The summed E-state index contributed by atoms with van der Waals surface area (Å²) in [6.45, 7) is 0.